The van der Waals surface area contributed by atoms with Gasteiger partial charge >= 0.3 is 0 Å². The van der Waals surface area contributed by atoms with Gasteiger partial charge in [0.25, 0.3) is 0 Å². The molecular formula is C17H26N2O2. The Balaban J connectivity index is 2.12. The molecule has 0 bridgehead atoms. The summed E-state index contributed by atoms with van der Waals surface area (Å²) >= 11 is 0. The molecule has 2 aliphatic carbocycles. The highest BCUT2D eigenvalue weighted by Gasteiger charge is 2.46. The summed E-state index contributed by atoms with van der Waals surface area (Å²) in [5, 5.41) is 0. The molecule has 4 nitrogen and oxygen atoms in total. The van der Waals surface area contributed by atoms with Gasteiger partial charge in [-0.1, -0.05) is 46.0 Å². The molecule has 3 atom stereocenters. The highest BCUT2D eigenvalue weighted by atomic mass is 16.1. The minimum Gasteiger partial charge on any atom is -0.211 e. The average molecular weight is 290 g/mol. The van der Waals surface area contributed by atoms with Gasteiger partial charge in [0.2, 0.25) is 12.2 Å². The first kappa shape index (κ1) is 16.1. The van der Waals surface area contributed by atoms with Crippen molar-refractivity contribution in [3.05, 3.63) is 0 Å². The zero-order valence-corrected chi connectivity index (χ0v) is 13.2. The van der Waals surface area contributed by atoms with Gasteiger partial charge in [0.05, 0.1) is 12.1 Å². The Kier molecular flexibility index (Phi) is 5.50. The summed E-state index contributed by atoms with van der Waals surface area (Å²) in [7, 11) is 0. The Morgan fingerprint density at radius 1 is 0.952 bits per heavy atom. The summed E-state index contributed by atoms with van der Waals surface area (Å²) in [4.78, 5) is 29.3. The molecule has 116 valence electrons. The van der Waals surface area contributed by atoms with Crippen molar-refractivity contribution in [2.75, 3.05) is 0 Å². The fourth-order valence-electron chi connectivity index (χ4n) is 4.40. The van der Waals surface area contributed by atoms with Gasteiger partial charge in [-0.2, -0.15) is 4.99 Å². The summed E-state index contributed by atoms with van der Waals surface area (Å²) < 4.78 is 0. The molecule has 4 heteroatoms. The molecule has 21 heavy (non-hydrogen) atoms. The van der Waals surface area contributed by atoms with Gasteiger partial charge in [-0.15, -0.1) is 0 Å². The van der Waals surface area contributed by atoms with E-state index in [1.165, 1.54) is 38.5 Å². The molecule has 0 aliphatic heterocycles. The molecule has 0 saturated heterocycles. The largest absolute Gasteiger partial charge is 0.235 e. The molecular weight excluding hydrogens is 264 g/mol. The number of hydrogen-bond acceptors (Lipinski definition) is 4. The first-order valence-electron chi connectivity index (χ1n) is 8.23. The third-order valence-corrected chi connectivity index (χ3v) is 5.74. The molecule has 0 N–H and O–H groups in total. The van der Waals surface area contributed by atoms with Gasteiger partial charge in [0.1, 0.15) is 0 Å². The number of carbonyl (C=O) groups excluding carboxylic acids is 2. The minimum absolute atomic E-state index is 0.113. The van der Waals surface area contributed by atoms with Gasteiger partial charge in [0, 0.05) is 0 Å². The van der Waals surface area contributed by atoms with Crippen LogP contribution in [0, 0.1) is 17.3 Å². The third-order valence-electron chi connectivity index (χ3n) is 5.74. The summed E-state index contributed by atoms with van der Waals surface area (Å²) in [5.74, 6) is 1.36. The minimum atomic E-state index is -0.237. The van der Waals surface area contributed by atoms with Gasteiger partial charge in [-0.3, -0.25) is 0 Å². The third kappa shape index (κ3) is 3.70. The van der Waals surface area contributed by atoms with Crippen molar-refractivity contribution < 1.29 is 9.59 Å². The summed E-state index contributed by atoms with van der Waals surface area (Å²) in [5.41, 5.74) is -0.113. The zero-order chi connectivity index (χ0) is 15.3. The van der Waals surface area contributed by atoms with Crippen LogP contribution in [0.3, 0.4) is 0 Å². The maximum Gasteiger partial charge on any atom is 0.235 e. The van der Waals surface area contributed by atoms with Crippen molar-refractivity contribution in [1.82, 2.24) is 0 Å². The fourth-order valence-corrected chi connectivity index (χ4v) is 4.40. The van der Waals surface area contributed by atoms with Crippen LogP contribution >= 0.6 is 0 Å². The van der Waals surface area contributed by atoms with E-state index in [2.05, 4.69) is 23.8 Å². The zero-order valence-electron chi connectivity index (χ0n) is 13.2. The Bertz CT molecular complexity index is 442. The van der Waals surface area contributed by atoms with Crippen molar-refractivity contribution in [3.63, 3.8) is 0 Å². The first-order chi connectivity index (χ1) is 10.1. The lowest BCUT2D eigenvalue weighted by atomic mass is 9.61. The number of aliphatic imine (C=N–C) groups is 2. The second-order valence-corrected chi connectivity index (χ2v) is 7.29. The summed E-state index contributed by atoms with van der Waals surface area (Å²) in [6.45, 7) is 4.33. The topological polar surface area (TPSA) is 58.9 Å². The molecule has 2 aliphatic rings. The van der Waals surface area contributed by atoms with Gasteiger partial charge in [-0.25, -0.2) is 14.6 Å². The first-order valence-corrected chi connectivity index (χ1v) is 8.23. The quantitative estimate of drug-likeness (QED) is 0.584. The van der Waals surface area contributed by atoms with Gasteiger partial charge < -0.3 is 0 Å². The second-order valence-electron chi connectivity index (χ2n) is 7.29. The molecule has 0 aromatic heterocycles. The second kappa shape index (κ2) is 7.15. The molecule has 2 rings (SSSR count). The fraction of sp³-hybridized carbons (Fsp3) is 0.882. The molecule has 0 amide bonds. The Morgan fingerprint density at radius 3 is 2.24 bits per heavy atom. The van der Waals surface area contributed by atoms with E-state index in [1.54, 1.807) is 12.2 Å². The Hall–Kier alpha value is -1.24. The predicted octanol–water partition coefficient (Wildman–Crippen LogP) is 3.80. The molecule has 0 aromatic rings. The van der Waals surface area contributed by atoms with Crippen molar-refractivity contribution in [2.24, 2.45) is 27.2 Å². The summed E-state index contributed by atoms with van der Waals surface area (Å²) in [6, 6.07) is -0.444. The molecule has 2 fully saturated rings. The van der Waals surface area contributed by atoms with Crippen LogP contribution in [0.4, 0.5) is 0 Å². The van der Waals surface area contributed by atoms with E-state index in [9.17, 15) is 9.59 Å². The van der Waals surface area contributed by atoms with E-state index in [0.717, 1.165) is 18.8 Å². The van der Waals surface area contributed by atoms with Gasteiger partial charge in [0.15, 0.2) is 0 Å². The van der Waals surface area contributed by atoms with Crippen molar-refractivity contribution in [1.29, 1.82) is 0 Å². The van der Waals surface area contributed by atoms with Crippen molar-refractivity contribution >= 4 is 12.2 Å². The van der Waals surface area contributed by atoms with Crippen LogP contribution in [0.2, 0.25) is 0 Å². The standard InChI is InChI=1S/C17H26N2O2/c1-17(2)14(10-13-6-4-3-5-7-13)8-9-15(18-11-20)16(17)19-12-21/h13-16H,3-10H2,1-2H3. The van der Waals surface area contributed by atoms with Crippen molar-refractivity contribution in [3.8, 4) is 0 Å². The highest BCUT2D eigenvalue weighted by Crippen LogP contribution is 2.47. The van der Waals surface area contributed by atoms with Crippen LogP contribution in [-0.4, -0.2) is 24.2 Å². The highest BCUT2D eigenvalue weighted by molar-refractivity contribution is 5.37. The normalized spacial score (nSPS) is 32.8. The van der Waals surface area contributed by atoms with Crippen LogP contribution in [0.1, 0.15) is 65.2 Å². The molecule has 2 saturated carbocycles. The molecule has 0 heterocycles. The van der Waals surface area contributed by atoms with E-state index in [0.29, 0.717) is 5.92 Å². The molecule has 0 radical (unpaired) electrons. The number of isocyanates is 2. The Labute approximate surface area is 127 Å². The van der Waals surface area contributed by atoms with Crippen LogP contribution in [0.15, 0.2) is 9.98 Å². The SMILES string of the molecule is CC1(C)C(CC2CCCCC2)CCC(N=C=O)C1N=C=O. The number of rotatable bonds is 4. The predicted molar refractivity (Wildman–Crippen MR) is 81.5 cm³/mol. The smallest absolute Gasteiger partial charge is 0.211 e. The number of hydrogen-bond donors (Lipinski definition) is 0. The molecule has 3 unspecified atom stereocenters. The number of nitrogens with zero attached hydrogens (tertiary/aromatic N) is 2. The Morgan fingerprint density at radius 2 is 1.62 bits per heavy atom. The lowest BCUT2D eigenvalue weighted by molar-refractivity contribution is 0.0690. The van der Waals surface area contributed by atoms with E-state index in [4.69, 9.17) is 0 Å². The van der Waals surface area contributed by atoms with Crippen LogP contribution in [0.5, 0.6) is 0 Å². The lowest BCUT2D eigenvalue weighted by Gasteiger charge is -2.46. The summed E-state index contributed by atoms with van der Waals surface area (Å²) in [6.07, 6.45) is 13.2. The van der Waals surface area contributed by atoms with Crippen LogP contribution in [0.25, 0.3) is 0 Å². The average Bonchev–Trinajstić information content (AvgIpc) is 2.47. The maximum absolute atomic E-state index is 10.8. The monoisotopic (exact) mass is 290 g/mol. The van der Waals surface area contributed by atoms with E-state index >= 15 is 0 Å². The molecule has 0 aromatic carbocycles. The molecule has 0 spiro atoms. The van der Waals surface area contributed by atoms with E-state index < -0.39 is 0 Å². The lowest BCUT2D eigenvalue weighted by Crippen LogP contribution is -2.47. The van der Waals surface area contributed by atoms with Crippen LogP contribution < -0.4 is 0 Å². The van der Waals surface area contributed by atoms with Crippen LogP contribution in [-0.2, 0) is 9.59 Å². The maximum atomic E-state index is 10.8. The van der Waals surface area contributed by atoms with E-state index in [1.807, 2.05) is 0 Å². The van der Waals surface area contributed by atoms with E-state index in [-0.39, 0.29) is 17.5 Å². The van der Waals surface area contributed by atoms with Gasteiger partial charge in [-0.05, 0) is 36.5 Å². The van der Waals surface area contributed by atoms with Crippen molar-refractivity contribution in [2.45, 2.75) is 77.3 Å².